The van der Waals surface area contributed by atoms with Gasteiger partial charge >= 0.3 is 0 Å². The number of nitrogens with zero attached hydrogens (tertiary/aromatic N) is 4. The molecule has 0 bridgehead atoms. The van der Waals surface area contributed by atoms with Crippen molar-refractivity contribution in [1.29, 1.82) is 0 Å². The lowest BCUT2D eigenvalue weighted by molar-refractivity contribution is -0.133. The minimum Gasteiger partial charge on any atom is -0.340 e. The molecule has 1 spiro atoms. The molecular weight excluding hydrogens is 384 g/mol. The van der Waals surface area contributed by atoms with Crippen molar-refractivity contribution in [2.75, 3.05) is 46.3 Å². The standard InChI is InChI=1S/C26H34N4O/c1-28-14-16-30(17-15-28)25(31)18-22-19-26(24-5-3-2-4-23(22)24)8-12-29(13-9-26)20-21-6-10-27-11-7-21/h2-7,10-11,22H,8-9,12-20H2,1H3. The molecule has 2 aliphatic heterocycles. The van der Waals surface area contributed by atoms with Crippen LogP contribution >= 0.6 is 0 Å². The second kappa shape index (κ2) is 8.71. The van der Waals surface area contributed by atoms with E-state index < -0.39 is 0 Å². The minimum atomic E-state index is 0.248. The Labute approximate surface area is 186 Å². The molecule has 2 fully saturated rings. The number of benzene rings is 1. The van der Waals surface area contributed by atoms with Crippen LogP contribution in [-0.2, 0) is 16.8 Å². The van der Waals surface area contributed by atoms with E-state index in [1.165, 1.54) is 29.5 Å². The zero-order valence-electron chi connectivity index (χ0n) is 18.7. The number of fused-ring (bicyclic) bond motifs is 2. The monoisotopic (exact) mass is 418 g/mol. The first kappa shape index (κ1) is 20.7. The van der Waals surface area contributed by atoms with Gasteiger partial charge in [0.25, 0.3) is 0 Å². The predicted octanol–water partition coefficient (Wildman–Crippen LogP) is 3.27. The van der Waals surface area contributed by atoms with Crippen LogP contribution < -0.4 is 0 Å². The maximum Gasteiger partial charge on any atom is 0.223 e. The first-order chi connectivity index (χ1) is 15.1. The van der Waals surface area contributed by atoms with Gasteiger partial charge in [0, 0.05) is 51.5 Å². The zero-order valence-corrected chi connectivity index (χ0v) is 18.7. The number of pyridine rings is 1. The molecule has 0 N–H and O–H groups in total. The number of rotatable bonds is 4. The first-order valence-electron chi connectivity index (χ1n) is 11.8. The number of likely N-dealkylation sites (N-methyl/N-ethyl adjacent to an activating group) is 1. The van der Waals surface area contributed by atoms with Crippen molar-refractivity contribution in [1.82, 2.24) is 19.7 Å². The molecule has 1 aromatic carbocycles. The van der Waals surface area contributed by atoms with E-state index in [-0.39, 0.29) is 5.41 Å². The van der Waals surface area contributed by atoms with Gasteiger partial charge in [-0.25, -0.2) is 0 Å². The van der Waals surface area contributed by atoms with Crippen LogP contribution in [0.4, 0.5) is 0 Å². The van der Waals surface area contributed by atoms with Crippen molar-refractivity contribution in [2.45, 2.75) is 43.6 Å². The van der Waals surface area contributed by atoms with Crippen LogP contribution in [0.3, 0.4) is 0 Å². The molecule has 2 aromatic rings. The van der Waals surface area contributed by atoms with Crippen LogP contribution in [0.15, 0.2) is 48.8 Å². The topological polar surface area (TPSA) is 39.7 Å². The summed E-state index contributed by atoms with van der Waals surface area (Å²) in [6.45, 7) is 6.98. The summed E-state index contributed by atoms with van der Waals surface area (Å²) in [4.78, 5) is 24.2. The Bertz CT molecular complexity index is 899. The molecule has 1 amide bonds. The smallest absolute Gasteiger partial charge is 0.223 e. The highest BCUT2D eigenvalue weighted by molar-refractivity contribution is 5.77. The van der Waals surface area contributed by atoms with Gasteiger partial charge in [0.2, 0.25) is 5.91 Å². The third kappa shape index (κ3) is 4.26. The van der Waals surface area contributed by atoms with Crippen molar-refractivity contribution < 1.29 is 4.79 Å². The van der Waals surface area contributed by atoms with E-state index in [1.807, 2.05) is 12.4 Å². The summed E-state index contributed by atoms with van der Waals surface area (Å²) in [6.07, 6.45) is 7.95. The van der Waals surface area contributed by atoms with E-state index in [0.29, 0.717) is 18.2 Å². The minimum absolute atomic E-state index is 0.248. The van der Waals surface area contributed by atoms with Gasteiger partial charge in [0.1, 0.15) is 0 Å². The largest absolute Gasteiger partial charge is 0.340 e. The quantitative estimate of drug-likeness (QED) is 0.764. The molecule has 164 valence electrons. The number of carbonyl (C=O) groups excluding carboxylic acids is 1. The Kier molecular flexibility index (Phi) is 5.81. The Balaban J connectivity index is 1.26. The molecule has 5 rings (SSSR count). The Morgan fingerprint density at radius 2 is 1.71 bits per heavy atom. The maximum atomic E-state index is 13.1. The van der Waals surface area contributed by atoms with Gasteiger partial charge < -0.3 is 9.80 Å². The second-order valence-electron chi connectivity index (χ2n) is 9.79. The number of amides is 1. The number of carbonyl (C=O) groups is 1. The SMILES string of the molecule is CN1CCN(C(=O)CC2CC3(CCN(Cc4ccncc4)CC3)c3ccccc32)CC1. The lowest BCUT2D eigenvalue weighted by Crippen LogP contribution is -2.47. The summed E-state index contributed by atoms with van der Waals surface area (Å²) in [5.74, 6) is 0.718. The van der Waals surface area contributed by atoms with E-state index in [2.05, 4.69) is 63.1 Å². The summed E-state index contributed by atoms with van der Waals surface area (Å²) in [5, 5.41) is 0. The van der Waals surface area contributed by atoms with Crippen molar-refractivity contribution >= 4 is 5.91 Å². The number of piperazine rings is 1. The summed E-state index contributed by atoms with van der Waals surface area (Å²) in [6, 6.07) is 13.2. The molecule has 31 heavy (non-hydrogen) atoms. The van der Waals surface area contributed by atoms with Gasteiger partial charge in [0.05, 0.1) is 0 Å². The number of hydrogen-bond acceptors (Lipinski definition) is 4. The fraction of sp³-hybridized carbons (Fsp3) is 0.538. The second-order valence-corrected chi connectivity index (χ2v) is 9.79. The lowest BCUT2D eigenvalue weighted by atomic mass is 9.73. The van der Waals surface area contributed by atoms with Crippen LogP contribution in [0.5, 0.6) is 0 Å². The van der Waals surface area contributed by atoms with Gasteiger partial charge in [-0.3, -0.25) is 14.7 Å². The highest BCUT2D eigenvalue weighted by atomic mass is 16.2. The fourth-order valence-electron chi connectivity index (χ4n) is 5.96. The number of hydrogen-bond donors (Lipinski definition) is 0. The molecule has 1 aliphatic carbocycles. The van der Waals surface area contributed by atoms with Gasteiger partial charge in [-0.05, 0) is 79.6 Å². The Morgan fingerprint density at radius 1 is 1.00 bits per heavy atom. The molecule has 5 nitrogen and oxygen atoms in total. The third-order valence-corrected chi connectivity index (χ3v) is 7.85. The van der Waals surface area contributed by atoms with E-state index >= 15 is 0 Å². The molecule has 2 saturated heterocycles. The third-order valence-electron chi connectivity index (χ3n) is 7.85. The average molecular weight is 419 g/mol. The van der Waals surface area contributed by atoms with Crippen molar-refractivity contribution in [2.24, 2.45) is 0 Å². The summed E-state index contributed by atoms with van der Waals surface area (Å²) >= 11 is 0. The van der Waals surface area contributed by atoms with Gasteiger partial charge in [-0.1, -0.05) is 24.3 Å². The van der Waals surface area contributed by atoms with Crippen LogP contribution in [0, 0.1) is 0 Å². The first-order valence-corrected chi connectivity index (χ1v) is 11.8. The van der Waals surface area contributed by atoms with Crippen molar-refractivity contribution in [3.8, 4) is 0 Å². The van der Waals surface area contributed by atoms with E-state index in [9.17, 15) is 4.79 Å². The summed E-state index contributed by atoms with van der Waals surface area (Å²) in [7, 11) is 2.14. The van der Waals surface area contributed by atoms with E-state index in [0.717, 1.165) is 52.2 Å². The lowest BCUT2D eigenvalue weighted by Gasteiger charge is -2.40. The Morgan fingerprint density at radius 3 is 2.45 bits per heavy atom. The van der Waals surface area contributed by atoms with Crippen molar-refractivity contribution in [3.05, 3.63) is 65.5 Å². The fourth-order valence-corrected chi connectivity index (χ4v) is 5.96. The average Bonchev–Trinajstić information content (AvgIpc) is 3.10. The summed E-state index contributed by atoms with van der Waals surface area (Å²) in [5.41, 5.74) is 4.55. The molecule has 0 saturated carbocycles. The number of aromatic nitrogens is 1. The molecule has 0 radical (unpaired) electrons. The molecule has 1 unspecified atom stereocenters. The van der Waals surface area contributed by atoms with Crippen LogP contribution in [0.2, 0.25) is 0 Å². The molecular formula is C26H34N4O. The highest BCUT2D eigenvalue weighted by Crippen LogP contribution is 2.52. The van der Waals surface area contributed by atoms with Crippen molar-refractivity contribution in [3.63, 3.8) is 0 Å². The maximum absolute atomic E-state index is 13.1. The van der Waals surface area contributed by atoms with Crippen LogP contribution in [0.25, 0.3) is 0 Å². The zero-order chi connectivity index (χ0) is 21.3. The molecule has 3 heterocycles. The molecule has 3 aliphatic rings. The number of likely N-dealkylation sites (tertiary alicyclic amines) is 1. The van der Waals surface area contributed by atoms with E-state index in [4.69, 9.17) is 0 Å². The van der Waals surface area contributed by atoms with Gasteiger partial charge in [-0.2, -0.15) is 0 Å². The van der Waals surface area contributed by atoms with Gasteiger partial charge in [0.15, 0.2) is 0 Å². The number of piperidine rings is 1. The molecule has 1 aromatic heterocycles. The Hall–Kier alpha value is -2.24. The molecule has 5 heteroatoms. The van der Waals surface area contributed by atoms with Gasteiger partial charge in [-0.15, -0.1) is 0 Å². The van der Waals surface area contributed by atoms with E-state index in [1.54, 1.807) is 0 Å². The predicted molar refractivity (Wildman–Crippen MR) is 123 cm³/mol. The normalized spacial score (nSPS) is 23.8. The molecule has 1 atom stereocenters. The highest BCUT2D eigenvalue weighted by Gasteiger charge is 2.45. The summed E-state index contributed by atoms with van der Waals surface area (Å²) < 4.78 is 0. The van der Waals surface area contributed by atoms with Crippen LogP contribution in [-0.4, -0.2) is 71.9 Å². The van der Waals surface area contributed by atoms with Crippen LogP contribution in [0.1, 0.15) is 48.3 Å².